The molecule has 3 heteroatoms. The molecule has 68 valence electrons. The molecule has 0 heterocycles. The molecule has 1 rings (SSSR count). The fraction of sp³-hybridized carbons (Fsp3) is 0.300. The Hall–Kier alpha value is -1.14. The summed E-state index contributed by atoms with van der Waals surface area (Å²) in [5.41, 5.74) is 0.485. The van der Waals surface area contributed by atoms with Gasteiger partial charge in [0, 0.05) is 0 Å². The summed E-state index contributed by atoms with van der Waals surface area (Å²) in [6.45, 7) is 6.10. The fourth-order valence-electron chi connectivity index (χ4n) is 1.38. The minimum absolute atomic E-state index is 0.238. The maximum atomic E-state index is 13.4. The topological polar surface area (TPSA) is 23.8 Å². The quantitative estimate of drug-likeness (QED) is 0.627. The Labute approximate surface area is 78.8 Å². The summed E-state index contributed by atoms with van der Waals surface area (Å²) >= 11 is 0. The van der Waals surface area contributed by atoms with Crippen molar-refractivity contribution in [3.63, 3.8) is 0 Å². The molecule has 13 heavy (non-hydrogen) atoms. The van der Waals surface area contributed by atoms with Gasteiger partial charge in [0.25, 0.3) is 0 Å². The summed E-state index contributed by atoms with van der Waals surface area (Å²) in [5, 5.41) is 9.45. The smallest absolute Gasteiger partial charge is 0.123 e. The number of hydrogen-bond acceptors (Lipinski definition) is 1. The molecule has 0 N–H and O–H groups in total. The normalized spacial score (nSPS) is 11.0. The van der Waals surface area contributed by atoms with E-state index in [1.165, 1.54) is 6.07 Å². The first kappa shape index (κ1) is 9.94. The van der Waals surface area contributed by atoms with Crippen LogP contribution in [0.3, 0.4) is 0 Å². The van der Waals surface area contributed by atoms with E-state index in [-0.39, 0.29) is 5.82 Å². The van der Waals surface area contributed by atoms with Crippen molar-refractivity contribution < 1.29 is 4.39 Å². The molecule has 0 aliphatic rings. The number of rotatable bonds is 1. The predicted octanol–water partition coefficient (Wildman–Crippen LogP) is 2.24. The van der Waals surface area contributed by atoms with Crippen molar-refractivity contribution in [2.24, 2.45) is 0 Å². The van der Waals surface area contributed by atoms with Crippen molar-refractivity contribution in [3.8, 4) is 6.07 Å². The van der Waals surface area contributed by atoms with Gasteiger partial charge in [0.2, 0.25) is 0 Å². The van der Waals surface area contributed by atoms with Crippen molar-refractivity contribution in [3.05, 3.63) is 29.6 Å². The Balaban J connectivity index is 3.43. The second-order valence-electron chi connectivity index (χ2n) is 4.02. The van der Waals surface area contributed by atoms with E-state index in [0.717, 1.165) is 0 Å². The van der Waals surface area contributed by atoms with Gasteiger partial charge in [0.15, 0.2) is 0 Å². The Morgan fingerprint density at radius 3 is 2.31 bits per heavy atom. The molecule has 1 aromatic carbocycles. The molecule has 0 radical (unpaired) electrons. The largest absolute Gasteiger partial charge is 0.207 e. The predicted molar refractivity (Wildman–Crippen MR) is 54.1 cm³/mol. The first-order valence-electron chi connectivity index (χ1n) is 4.16. The molecule has 0 bridgehead atoms. The van der Waals surface area contributed by atoms with Crippen LogP contribution in [0.25, 0.3) is 0 Å². The third kappa shape index (κ3) is 1.96. The van der Waals surface area contributed by atoms with Crippen LogP contribution in [0.5, 0.6) is 0 Å². The standard InChI is InChI=1S/C10H12FNSi/c1-13(2,3)10-8(7-12)5-4-6-9(10)11/h4-6H,1-3H3. The third-order valence-corrected chi connectivity index (χ3v) is 3.89. The van der Waals surface area contributed by atoms with Crippen LogP contribution < -0.4 is 5.19 Å². The number of nitrogens with zero attached hydrogens (tertiary/aromatic N) is 1. The van der Waals surface area contributed by atoms with Gasteiger partial charge in [-0.3, -0.25) is 0 Å². The van der Waals surface area contributed by atoms with Crippen LogP contribution in [0.15, 0.2) is 18.2 Å². The van der Waals surface area contributed by atoms with Gasteiger partial charge < -0.3 is 0 Å². The van der Waals surface area contributed by atoms with Crippen LogP contribution in [0.1, 0.15) is 5.56 Å². The minimum Gasteiger partial charge on any atom is -0.207 e. The van der Waals surface area contributed by atoms with E-state index in [2.05, 4.69) is 0 Å². The van der Waals surface area contributed by atoms with E-state index < -0.39 is 8.07 Å². The number of benzene rings is 1. The number of hydrogen-bond donors (Lipinski definition) is 0. The van der Waals surface area contributed by atoms with Crippen LogP contribution in [0, 0.1) is 17.1 Å². The lowest BCUT2D eigenvalue weighted by Crippen LogP contribution is -2.42. The molecule has 1 aromatic rings. The zero-order valence-corrected chi connectivity index (χ0v) is 9.06. The van der Waals surface area contributed by atoms with Gasteiger partial charge in [-0.2, -0.15) is 5.26 Å². The van der Waals surface area contributed by atoms with E-state index in [9.17, 15) is 4.39 Å². The molecule has 0 aliphatic heterocycles. The van der Waals surface area contributed by atoms with Crippen molar-refractivity contribution in [2.45, 2.75) is 19.6 Å². The van der Waals surface area contributed by atoms with E-state index >= 15 is 0 Å². The van der Waals surface area contributed by atoms with Crippen LogP contribution in [-0.2, 0) is 0 Å². The van der Waals surface area contributed by atoms with Crippen molar-refractivity contribution in [2.75, 3.05) is 0 Å². The zero-order valence-electron chi connectivity index (χ0n) is 8.06. The van der Waals surface area contributed by atoms with Gasteiger partial charge in [-0.25, -0.2) is 4.39 Å². The average molecular weight is 193 g/mol. The van der Waals surface area contributed by atoms with Gasteiger partial charge in [-0.1, -0.05) is 25.7 Å². The Morgan fingerprint density at radius 1 is 1.31 bits per heavy atom. The molecule has 0 fully saturated rings. The highest BCUT2D eigenvalue weighted by molar-refractivity contribution is 6.89. The molecule has 0 spiro atoms. The molecule has 0 amide bonds. The second-order valence-corrected chi connectivity index (χ2v) is 9.02. The molecular formula is C10H12FNSi. The monoisotopic (exact) mass is 193 g/mol. The van der Waals surface area contributed by atoms with E-state index in [0.29, 0.717) is 10.8 Å². The van der Waals surface area contributed by atoms with Gasteiger partial charge in [-0.15, -0.1) is 0 Å². The second kappa shape index (κ2) is 3.31. The van der Waals surface area contributed by atoms with Crippen molar-refractivity contribution >= 4 is 13.3 Å². The molecule has 1 nitrogen and oxygen atoms in total. The number of halogens is 1. The SMILES string of the molecule is C[Si](C)(C)c1c(F)cccc1C#N. The highest BCUT2D eigenvalue weighted by Gasteiger charge is 2.23. The summed E-state index contributed by atoms with van der Waals surface area (Å²) < 4.78 is 13.4. The lowest BCUT2D eigenvalue weighted by Gasteiger charge is -2.18. The average Bonchev–Trinajstić information content (AvgIpc) is 2.01. The summed E-state index contributed by atoms with van der Waals surface area (Å²) in [4.78, 5) is 0. The van der Waals surface area contributed by atoms with Crippen LogP contribution >= 0.6 is 0 Å². The summed E-state index contributed by atoms with van der Waals surface area (Å²) in [5.74, 6) is -0.238. The molecule has 0 saturated heterocycles. The van der Waals surface area contributed by atoms with Crippen molar-refractivity contribution in [1.29, 1.82) is 5.26 Å². The summed E-state index contributed by atoms with van der Waals surface area (Å²) in [7, 11) is -1.74. The first-order chi connectivity index (χ1) is 5.96. The van der Waals surface area contributed by atoms with E-state index in [4.69, 9.17) is 5.26 Å². The van der Waals surface area contributed by atoms with Gasteiger partial charge >= 0.3 is 0 Å². The lowest BCUT2D eigenvalue weighted by atomic mass is 10.2. The fourth-order valence-corrected chi connectivity index (χ4v) is 3.13. The Morgan fingerprint density at radius 2 is 1.92 bits per heavy atom. The molecule has 0 atom stereocenters. The molecule has 0 unspecified atom stereocenters. The van der Waals surface area contributed by atoms with Gasteiger partial charge in [0.1, 0.15) is 5.82 Å². The highest BCUT2D eigenvalue weighted by Crippen LogP contribution is 2.09. The third-order valence-electron chi connectivity index (χ3n) is 1.88. The molecule has 0 saturated carbocycles. The van der Waals surface area contributed by atoms with E-state index in [1.807, 2.05) is 25.7 Å². The van der Waals surface area contributed by atoms with Crippen LogP contribution in [-0.4, -0.2) is 8.07 Å². The lowest BCUT2D eigenvalue weighted by molar-refractivity contribution is 0.634. The summed E-state index contributed by atoms with van der Waals surface area (Å²) in [6, 6.07) is 6.72. The molecule has 0 aliphatic carbocycles. The number of nitriles is 1. The van der Waals surface area contributed by atoms with Gasteiger partial charge in [0.05, 0.1) is 19.7 Å². The van der Waals surface area contributed by atoms with Crippen molar-refractivity contribution in [1.82, 2.24) is 0 Å². The highest BCUT2D eigenvalue weighted by atomic mass is 28.3. The zero-order chi connectivity index (χ0) is 10.1. The van der Waals surface area contributed by atoms with Crippen LogP contribution in [0.2, 0.25) is 19.6 Å². The Bertz CT molecular complexity index is 360. The minimum atomic E-state index is -1.74. The van der Waals surface area contributed by atoms with Crippen LogP contribution in [0.4, 0.5) is 4.39 Å². The first-order valence-corrected chi connectivity index (χ1v) is 7.66. The molecule has 0 aromatic heterocycles. The summed E-state index contributed by atoms with van der Waals surface area (Å²) in [6.07, 6.45) is 0. The maximum absolute atomic E-state index is 13.4. The van der Waals surface area contributed by atoms with Gasteiger partial charge in [-0.05, 0) is 17.3 Å². The Kier molecular flexibility index (Phi) is 2.53. The molecular weight excluding hydrogens is 181 g/mol. The van der Waals surface area contributed by atoms with E-state index in [1.54, 1.807) is 12.1 Å². The maximum Gasteiger partial charge on any atom is 0.123 e.